The highest BCUT2D eigenvalue weighted by Crippen LogP contribution is 2.30. The molecule has 128 valence electrons. The Morgan fingerprint density at radius 1 is 1.04 bits per heavy atom. The summed E-state index contributed by atoms with van der Waals surface area (Å²) in [6.45, 7) is 3.22. The number of aromatic nitrogens is 1. The van der Waals surface area contributed by atoms with Crippen LogP contribution < -0.4 is 4.90 Å². The summed E-state index contributed by atoms with van der Waals surface area (Å²) in [5, 5.41) is 10.0. The number of rotatable bonds is 2. The van der Waals surface area contributed by atoms with Crippen LogP contribution in [0.1, 0.15) is 31.2 Å². The first kappa shape index (κ1) is 16.5. The van der Waals surface area contributed by atoms with Gasteiger partial charge < -0.3 is 10.0 Å². The summed E-state index contributed by atoms with van der Waals surface area (Å²) in [6, 6.07) is 2.77. The molecule has 2 fully saturated rings. The number of hydrogen-bond acceptors (Lipinski definition) is 4. The van der Waals surface area contributed by atoms with Crippen molar-refractivity contribution in [2.45, 2.75) is 44.0 Å². The van der Waals surface area contributed by atoms with Gasteiger partial charge in [-0.3, -0.25) is 4.90 Å². The third kappa shape index (κ3) is 3.77. The van der Waals surface area contributed by atoms with E-state index in [9.17, 15) is 18.3 Å². The smallest absolute Gasteiger partial charge is 0.391 e. The molecule has 0 radical (unpaired) electrons. The van der Waals surface area contributed by atoms with Gasteiger partial charge in [0.1, 0.15) is 5.82 Å². The van der Waals surface area contributed by atoms with Crippen LogP contribution in [-0.4, -0.2) is 53.3 Å². The van der Waals surface area contributed by atoms with Crippen LogP contribution in [0, 0.1) is 0 Å². The second kappa shape index (κ2) is 6.65. The second-order valence-corrected chi connectivity index (χ2v) is 6.35. The molecule has 1 aliphatic carbocycles. The topological polar surface area (TPSA) is 39.6 Å². The van der Waals surface area contributed by atoms with E-state index in [1.54, 1.807) is 0 Å². The van der Waals surface area contributed by atoms with Gasteiger partial charge in [0.05, 0.1) is 11.7 Å². The molecule has 2 aliphatic rings. The lowest BCUT2D eigenvalue weighted by Crippen LogP contribution is -2.42. The lowest BCUT2D eigenvalue weighted by Gasteiger charge is -2.29. The minimum atomic E-state index is -4.35. The van der Waals surface area contributed by atoms with Gasteiger partial charge in [-0.2, -0.15) is 13.2 Å². The third-order valence-corrected chi connectivity index (χ3v) is 4.84. The highest BCUT2D eigenvalue weighted by molar-refractivity contribution is 5.40. The van der Waals surface area contributed by atoms with Crippen molar-refractivity contribution in [3.8, 4) is 0 Å². The van der Waals surface area contributed by atoms with Crippen LogP contribution >= 0.6 is 0 Å². The highest BCUT2D eigenvalue weighted by Gasteiger charge is 2.32. The average molecular weight is 329 g/mol. The van der Waals surface area contributed by atoms with E-state index in [4.69, 9.17) is 0 Å². The van der Waals surface area contributed by atoms with Crippen LogP contribution in [0.2, 0.25) is 0 Å². The molecule has 0 amide bonds. The predicted molar refractivity (Wildman–Crippen MR) is 81.3 cm³/mol. The van der Waals surface area contributed by atoms with Gasteiger partial charge in [-0.25, -0.2) is 4.98 Å². The number of alkyl halides is 3. The summed E-state index contributed by atoms with van der Waals surface area (Å²) in [5.41, 5.74) is -0.716. The molecule has 1 aliphatic heterocycles. The summed E-state index contributed by atoms with van der Waals surface area (Å²) in [6.07, 6.45) is 0.188. The summed E-state index contributed by atoms with van der Waals surface area (Å²) < 4.78 is 37.8. The van der Waals surface area contributed by atoms with Crippen LogP contribution in [0.4, 0.5) is 19.0 Å². The van der Waals surface area contributed by atoms with E-state index in [1.807, 2.05) is 4.90 Å². The zero-order chi connectivity index (χ0) is 16.4. The van der Waals surface area contributed by atoms with E-state index in [0.29, 0.717) is 5.82 Å². The van der Waals surface area contributed by atoms with Crippen LogP contribution in [0.5, 0.6) is 0 Å². The molecule has 0 bridgehead atoms. The van der Waals surface area contributed by atoms with Crippen LogP contribution in [0.25, 0.3) is 0 Å². The Bertz CT molecular complexity index is 520. The lowest BCUT2D eigenvalue weighted by molar-refractivity contribution is -0.137. The number of aliphatic hydroxyl groups excluding tert-OH is 1. The van der Waals surface area contributed by atoms with Gasteiger partial charge in [0.25, 0.3) is 0 Å². The SMILES string of the molecule is O[C@@H]1CCC[C@H]1N1CCCN(c2ccc(C(F)(F)F)cn2)CC1. The number of hydrogen-bond donors (Lipinski definition) is 1. The van der Waals surface area contributed by atoms with Crippen molar-refractivity contribution in [2.75, 3.05) is 31.1 Å². The van der Waals surface area contributed by atoms with E-state index >= 15 is 0 Å². The molecular formula is C16H22F3N3O. The molecule has 23 heavy (non-hydrogen) atoms. The quantitative estimate of drug-likeness (QED) is 0.905. The second-order valence-electron chi connectivity index (χ2n) is 6.35. The van der Waals surface area contributed by atoms with Gasteiger partial charge in [-0.05, 0) is 37.8 Å². The van der Waals surface area contributed by atoms with Crippen molar-refractivity contribution in [3.05, 3.63) is 23.9 Å². The maximum Gasteiger partial charge on any atom is 0.417 e. The van der Waals surface area contributed by atoms with E-state index in [1.165, 1.54) is 6.07 Å². The van der Waals surface area contributed by atoms with Crippen molar-refractivity contribution in [3.63, 3.8) is 0 Å². The number of aliphatic hydroxyl groups is 1. The van der Waals surface area contributed by atoms with E-state index in [0.717, 1.165) is 64.1 Å². The van der Waals surface area contributed by atoms with Gasteiger partial charge in [-0.15, -0.1) is 0 Å². The first-order valence-electron chi connectivity index (χ1n) is 8.15. The minimum absolute atomic E-state index is 0.232. The van der Waals surface area contributed by atoms with Gasteiger partial charge in [0.15, 0.2) is 0 Å². The molecule has 1 N–H and O–H groups in total. The number of halogens is 3. The standard InChI is InChI=1S/C16H22F3N3O/c17-16(18,19)12-5-6-15(20-11-12)22-8-2-7-21(9-10-22)13-3-1-4-14(13)23/h5-6,11,13-14,23H,1-4,7-10H2/t13-,14-/m1/s1. The number of nitrogens with zero attached hydrogens (tertiary/aromatic N) is 3. The predicted octanol–water partition coefficient (Wildman–Crippen LogP) is 2.53. The summed E-state index contributed by atoms with van der Waals surface area (Å²) >= 11 is 0. The first-order chi connectivity index (χ1) is 10.9. The third-order valence-electron chi connectivity index (χ3n) is 4.84. The van der Waals surface area contributed by atoms with Gasteiger partial charge in [-0.1, -0.05) is 0 Å². The van der Waals surface area contributed by atoms with E-state index in [-0.39, 0.29) is 12.1 Å². The Morgan fingerprint density at radius 2 is 1.87 bits per heavy atom. The monoisotopic (exact) mass is 329 g/mol. The Hall–Kier alpha value is -1.34. The molecule has 2 atom stereocenters. The molecule has 1 saturated heterocycles. The molecular weight excluding hydrogens is 307 g/mol. The fraction of sp³-hybridized carbons (Fsp3) is 0.688. The Morgan fingerprint density at radius 3 is 2.48 bits per heavy atom. The molecule has 0 unspecified atom stereocenters. The Kier molecular flexibility index (Phi) is 4.77. The summed E-state index contributed by atoms with van der Waals surface area (Å²) in [7, 11) is 0. The maximum absolute atomic E-state index is 12.6. The van der Waals surface area contributed by atoms with E-state index in [2.05, 4.69) is 9.88 Å². The molecule has 1 aromatic heterocycles. The zero-order valence-electron chi connectivity index (χ0n) is 13.0. The van der Waals surface area contributed by atoms with Gasteiger partial charge in [0.2, 0.25) is 0 Å². The van der Waals surface area contributed by atoms with Crippen molar-refractivity contribution >= 4 is 5.82 Å². The van der Waals surface area contributed by atoms with E-state index < -0.39 is 11.7 Å². The van der Waals surface area contributed by atoms with Gasteiger partial charge >= 0.3 is 6.18 Å². The summed E-state index contributed by atoms with van der Waals surface area (Å²) in [4.78, 5) is 8.34. The maximum atomic E-state index is 12.6. The number of anilines is 1. The molecule has 1 aromatic rings. The molecule has 1 saturated carbocycles. The fourth-order valence-corrected chi connectivity index (χ4v) is 3.59. The van der Waals surface area contributed by atoms with Gasteiger partial charge in [0, 0.05) is 38.4 Å². The largest absolute Gasteiger partial charge is 0.417 e. The van der Waals surface area contributed by atoms with Crippen LogP contribution in [0.3, 0.4) is 0 Å². The molecule has 7 heteroatoms. The molecule has 0 aromatic carbocycles. The zero-order valence-corrected chi connectivity index (χ0v) is 13.0. The Labute approximate surface area is 133 Å². The van der Waals surface area contributed by atoms with Crippen LogP contribution in [0.15, 0.2) is 18.3 Å². The number of pyridine rings is 1. The van der Waals surface area contributed by atoms with Crippen molar-refractivity contribution in [1.82, 2.24) is 9.88 Å². The lowest BCUT2D eigenvalue weighted by atomic mass is 10.1. The molecule has 0 spiro atoms. The first-order valence-corrected chi connectivity index (χ1v) is 8.15. The van der Waals surface area contributed by atoms with Crippen molar-refractivity contribution in [2.24, 2.45) is 0 Å². The Balaban J connectivity index is 1.63. The highest BCUT2D eigenvalue weighted by atomic mass is 19.4. The molecule has 2 heterocycles. The molecule has 4 nitrogen and oxygen atoms in total. The average Bonchev–Trinajstić information content (AvgIpc) is 2.80. The summed E-state index contributed by atoms with van der Waals surface area (Å²) in [5.74, 6) is 0.590. The van der Waals surface area contributed by atoms with Crippen molar-refractivity contribution in [1.29, 1.82) is 0 Å². The van der Waals surface area contributed by atoms with Crippen LogP contribution in [-0.2, 0) is 6.18 Å². The fourth-order valence-electron chi connectivity index (χ4n) is 3.59. The normalized spacial score (nSPS) is 27.2. The molecule has 3 rings (SSSR count). The van der Waals surface area contributed by atoms with Crippen molar-refractivity contribution < 1.29 is 18.3 Å². The minimum Gasteiger partial charge on any atom is -0.391 e.